The molecule has 0 aliphatic rings. The number of sulfonamides is 1. The van der Waals surface area contributed by atoms with E-state index in [4.69, 9.17) is 21.1 Å². The summed E-state index contributed by atoms with van der Waals surface area (Å²) < 4.78 is 37.0. The SMILES string of the molecule is COc1cccc(S(=O)(=O)NCC#CCOc2ccccc2Cl)c1. The van der Waals surface area contributed by atoms with Gasteiger partial charge in [0.15, 0.2) is 0 Å². The van der Waals surface area contributed by atoms with E-state index >= 15 is 0 Å². The van der Waals surface area contributed by atoms with Gasteiger partial charge in [0, 0.05) is 6.07 Å². The Morgan fingerprint density at radius 3 is 2.67 bits per heavy atom. The topological polar surface area (TPSA) is 64.6 Å². The molecular formula is C17H16ClNO4S. The molecule has 0 aliphatic heterocycles. The maximum atomic E-state index is 12.1. The van der Waals surface area contributed by atoms with Gasteiger partial charge in [-0.3, -0.25) is 0 Å². The van der Waals surface area contributed by atoms with Crippen LogP contribution in [-0.4, -0.2) is 28.7 Å². The van der Waals surface area contributed by atoms with E-state index in [-0.39, 0.29) is 18.0 Å². The maximum Gasteiger partial charge on any atom is 0.241 e. The van der Waals surface area contributed by atoms with Crippen LogP contribution >= 0.6 is 11.6 Å². The van der Waals surface area contributed by atoms with E-state index in [1.54, 1.807) is 36.4 Å². The summed E-state index contributed by atoms with van der Waals surface area (Å²) in [5.41, 5.74) is 0. The van der Waals surface area contributed by atoms with Crippen LogP contribution in [0.25, 0.3) is 0 Å². The van der Waals surface area contributed by atoms with Crippen LogP contribution in [0.5, 0.6) is 11.5 Å². The molecule has 0 fully saturated rings. The molecule has 0 amide bonds. The number of rotatable bonds is 6. The highest BCUT2D eigenvalue weighted by Gasteiger charge is 2.13. The largest absolute Gasteiger partial charge is 0.497 e. The number of para-hydroxylation sites is 1. The molecular weight excluding hydrogens is 350 g/mol. The van der Waals surface area contributed by atoms with Gasteiger partial charge in [-0.05, 0) is 24.3 Å². The zero-order chi connectivity index (χ0) is 17.4. The Kier molecular flexibility index (Phi) is 6.50. The molecule has 0 unspecified atom stereocenters. The summed E-state index contributed by atoms with van der Waals surface area (Å²) >= 11 is 5.94. The van der Waals surface area contributed by atoms with Crippen LogP contribution < -0.4 is 14.2 Å². The Bertz CT molecular complexity index is 856. The van der Waals surface area contributed by atoms with Crippen molar-refractivity contribution in [3.63, 3.8) is 0 Å². The van der Waals surface area contributed by atoms with Crippen molar-refractivity contribution in [2.24, 2.45) is 0 Å². The molecule has 0 saturated heterocycles. The zero-order valence-electron chi connectivity index (χ0n) is 13.0. The van der Waals surface area contributed by atoms with E-state index in [0.717, 1.165) is 0 Å². The molecule has 0 bridgehead atoms. The van der Waals surface area contributed by atoms with Gasteiger partial charge in [-0.15, -0.1) is 0 Å². The predicted octanol–water partition coefficient (Wildman–Crippen LogP) is 2.71. The molecule has 0 spiro atoms. The third-order valence-corrected chi connectivity index (χ3v) is 4.67. The predicted molar refractivity (Wildman–Crippen MR) is 92.9 cm³/mol. The van der Waals surface area contributed by atoms with Gasteiger partial charge in [-0.25, -0.2) is 8.42 Å². The summed E-state index contributed by atoms with van der Waals surface area (Å²) in [6.07, 6.45) is 0. The van der Waals surface area contributed by atoms with Crippen LogP contribution in [0.1, 0.15) is 0 Å². The third-order valence-electron chi connectivity index (χ3n) is 2.96. The van der Waals surface area contributed by atoms with E-state index < -0.39 is 10.0 Å². The molecule has 0 atom stereocenters. The van der Waals surface area contributed by atoms with Gasteiger partial charge in [0.2, 0.25) is 10.0 Å². The van der Waals surface area contributed by atoms with Gasteiger partial charge in [-0.1, -0.05) is 41.6 Å². The van der Waals surface area contributed by atoms with Crippen LogP contribution in [0.2, 0.25) is 5.02 Å². The Labute approximate surface area is 146 Å². The molecule has 0 saturated carbocycles. The monoisotopic (exact) mass is 365 g/mol. The Morgan fingerprint density at radius 2 is 1.92 bits per heavy atom. The number of methoxy groups -OCH3 is 1. The number of halogens is 1. The smallest absolute Gasteiger partial charge is 0.241 e. The van der Waals surface area contributed by atoms with Gasteiger partial charge >= 0.3 is 0 Å². The average molecular weight is 366 g/mol. The van der Waals surface area contributed by atoms with Crippen LogP contribution in [0.3, 0.4) is 0 Å². The van der Waals surface area contributed by atoms with Gasteiger partial charge in [0.05, 0.1) is 23.6 Å². The Balaban J connectivity index is 1.86. The minimum Gasteiger partial charge on any atom is -0.497 e. The van der Waals surface area contributed by atoms with Crippen molar-refractivity contribution in [1.29, 1.82) is 0 Å². The maximum absolute atomic E-state index is 12.1. The molecule has 126 valence electrons. The number of benzene rings is 2. The summed E-state index contributed by atoms with van der Waals surface area (Å²) in [5, 5.41) is 0.498. The summed E-state index contributed by atoms with van der Waals surface area (Å²) in [6.45, 7) is 0.0933. The van der Waals surface area contributed by atoms with Crippen molar-refractivity contribution in [1.82, 2.24) is 4.72 Å². The van der Waals surface area contributed by atoms with Gasteiger partial charge in [0.1, 0.15) is 18.1 Å². The van der Waals surface area contributed by atoms with Gasteiger partial charge in [0.25, 0.3) is 0 Å². The van der Waals surface area contributed by atoms with E-state index in [0.29, 0.717) is 16.5 Å². The van der Waals surface area contributed by atoms with Crippen molar-refractivity contribution >= 4 is 21.6 Å². The second-order valence-corrected chi connectivity index (χ2v) is 6.75. The molecule has 2 rings (SSSR count). The first-order chi connectivity index (χ1) is 11.5. The highest BCUT2D eigenvalue weighted by molar-refractivity contribution is 7.89. The van der Waals surface area contributed by atoms with Crippen molar-refractivity contribution in [3.8, 4) is 23.3 Å². The van der Waals surface area contributed by atoms with Gasteiger partial charge < -0.3 is 9.47 Å². The molecule has 2 aromatic rings. The molecule has 1 N–H and O–H groups in total. The van der Waals surface area contributed by atoms with Crippen molar-refractivity contribution in [3.05, 3.63) is 53.6 Å². The van der Waals surface area contributed by atoms with Crippen molar-refractivity contribution < 1.29 is 17.9 Å². The first kappa shape index (κ1) is 18.1. The normalized spacial score (nSPS) is 10.6. The van der Waals surface area contributed by atoms with E-state index in [9.17, 15) is 8.42 Å². The van der Waals surface area contributed by atoms with Crippen LogP contribution in [0.15, 0.2) is 53.4 Å². The molecule has 2 aromatic carbocycles. The van der Waals surface area contributed by atoms with E-state index in [1.165, 1.54) is 19.2 Å². The van der Waals surface area contributed by atoms with E-state index in [2.05, 4.69) is 16.6 Å². The first-order valence-electron chi connectivity index (χ1n) is 7.00. The molecule has 7 heteroatoms. The number of nitrogens with one attached hydrogen (secondary N) is 1. The van der Waals surface area contributed by atoms with Crippen molar-refractivity contribution in [2.45, 2.75) is 4.90 Å². The van der Waals surface area contributed by atoms with Crippen molar-refractivity contribution in [2.75, 3.05) is 20.3 Å². The fraction of sp³-hybridized carbons (Fsp3) is 0.176. The lowest BCUT2D eigenvalue weighted by molar-refractivity contribution is 0.370. The molecule has 0 heterocycles. The lowest BCUT2D eigenvalue weighted by Gasteiger charge is -2.06. The summed E-state index contributed by atoms with van der Waals surface area (Å²) in [6, 6.07) is 13.3. The number of ether oxygens (including phenoxy) is 2. The number of hydrogen-bond donors (Lipinski definition) is 1. The van der Waals surface area contributed by atoms with Gasteiger partial charge in [-0.2, -0.15) is 4.72 Å². The highest BCUT2D eigenvalue weighted by atomic mass is 35.5. The lowest BCUT2D eigenvalue weighted by atomic mass is 10.3. The third kappa shape index (κ3) is 5.17. The quantitative estimate of drug-likeness (QED) is 0.799. The zero-order valence-corrected chi connectivity index (χ0v) is 14.5. The fourth-order valence-electron chi connectivity index (χ4n) is 1.77. The summed E-state index contributed by atoms with van der Waals surface area (Å²) in [5.74, 6) is 6.42. The molecule has 24 heavy (non-hydrogen) atoms. The fourth-order valence-corrected chi connectivity index (χ4v) is 2.92. The Morgan fingerprint density at radius 1 is 1.12 bits per heavy atom. The lowest BCUT2D eigenvalue weighted by Crippen LogP contribution is -2.24. The second-order valence-electron chi connectivity index (χ2n) is 4.58. The molecule has 0 radical (unpaired) electrons. The Hall–Kier alpha value is -2.20. The second kappa shape index (κ2) is 8.60. The minimum absolute atomic E-state index is 0.0224. The van der Waals surface area contributed by atoms with E-state index in [1.807, 2.05) is 0 Å². The number of hydrogen-bond acceptors (Lipinski definition) is 4. The standard InChI is InChI=1S/C17H16ClNO4S/c1-22-14-7-6-8-15(13-14)24(20,21)19-11-4-5-12-23-17-10-3-2-9-16(17)18/h2-3,6-10,13,19H,11-12H2,1H3. The van der Waals surface area contributed by atoms with Crippen LogP contribution in [0, 0.1) is 11.8 Å². The first-order valence-corrected chi connectivity index (χ1v) is 8.86. The summed E-state index contributed by atoms with van der Waals surface area (Å²) in [7, 11) is -2.16. The molecule has 0 aliphatic carbocycles. The van der Waals surface area contributed by atoms with Crippen LogP contribution in [-0.2, 0) is 10.0 Å². The van der Waals surface area contributed by atoms with Crippen LogP contribution in [0.4, 0.5) is 0 Å². The highest BCUT2D eigenvalue weighted by Crippen LogP contribution is 2.22. The minimum atomic E-state index is -3.63. The summed E-state index contributed by atoms with van der Waals surface area (Å²) in [4.78, 5) is 0.121. The molecule has 5 nitrogen and oxygen atoms in total. The molecule has 0 aromatic heterocycles. The average Bonchev–Trinajstić information content (AvgIpc) is 2.59.